The number of benzene rings is 2. The maximum atomic E-state index is 12.8. The fourth-order valence-corrected chi connectivity index (χ4v) is 2.18. The van der Waals surface area contributed by atoms with Crippen LogP contribution in [0.2, 0.25) is 0 Å². The van der Waals surface area contributed by atoms with Crippen molar-refractivity contribution in [2.24, 2.45) is 5.10 Å². The summed E-state index contributed by atoms with van der Waals surface area (Å²) in [5.41, 5.74) is 5.33. The highest BCUT2D eigenvalue weighted by molar-refractivity contribution is 5.82. The van der Waals surface area contributed by atoms with E-state index in [1.165, 1.54) is 23.9 Å². The number of hydrogen-bond acceptors (Lipinski definition) is 3. The van der Waals surface area contributed by atoms with E-state index in [-0.39, 0.29) is 23.7 Å². The van der Waals surface area contributed by atoms with Gasteiger partial charge in [-0.2, -0.15) is 5.10 Å². The van der Waals surface area contributed by atoms with E-state index < -0.39 is 0 Å². The lowest BCUT2D eigenvalue weighted by Crippen LogP contribution is -2.24. The summed E-state index contributed by atoms with van der Waals surface area (Å²) >= 11 is 0. The van der Waals surface area contributed by atoms with Crippen LogP contribution in [-0.4, -0.2) is 18.7 Å². The van der Waals surface area contributed by atoms with Gasteiger partial charge in [0, 0.05) is 0 Å². The summed E-state index contributed by atoms with van der Waals surface area (Å²) in [5.74, 6) is -0.00856. The average molecular weight is 342 g/mol. The van der Waals surface area contributed by atoms with Crippen molar-refractivity contribution in [1.82, 2.24) is 5.43 Å². The third-order valence-electron chi connectivity index (χ3n) is 3.67. The normalized spacial score (nSPS) is 11.6. The number of aryl methyl sites for hydroxylation is 1. The lowest BCUT2D eigenvalue weighted by Gasteiger charge is -2.20. The minimum Gasteiger partial charge on any atom is -0.483 e. The zero-order valence-corrected chi connectivity index (χ0v) is 15.0. The summed E-state index contributed by atoms with van der Waals surface area (Å²) in [5, 5.41) is 3.83. The van der Waals surface area contributed by atoms with Crippen molar-refractivity contribution in [2.45, 2.75) is 33.1 Å². The molecule has 0 saturated carbocycles. The lowest BCUT2D eigenvalue weighted by atomic mass is 9.86. The Morgan fingerprint density at radius 2 is 1.88 bits per heavy atom. The molecule has 4 nitrogen and oxygen atoms in total. The zero-order chi connectivity index (χ0) is 18.4. The third kappa shape index (κ3) is 5.71. The number of carbonyl (C=O) groups excluding carboxylic acids is 1. The summed E-state index contributed by atoms with van der Waals surface area (Å²) in [4.78, 5) is 11.8. The standard InChI is InChI=1S/C20H23FN2O2/c1-14-11-16(20(2,3)4)7-10-18(14)25-13-19(24)23-22-12-15-5-8-17(21)9-6-15/h5-12H,13H2,1-4H3,(H,23,24)/b22-12-. The molecular formula is C20H23FN2O2. The van der Waals surface area contributed by atoms with E-state index in [4.69, 9.17) is 4.74 Å². The van der Waals surface area contributed by atoms with Crippen molar-refractivity contribution in [2.75, 3.05) is 6.61 Å². The van der Waals surface area contributed by atoms with Crippen LogP contribution in [0.25, 0.3) is 0 Å². The number of nitrogens with one attached hydrogen (secondary N) is 1. The van der Waals surface area contributed by atoms with Gasteiger partial charge in [0.1, 0.15) is 11.6 Å². The average Bonchev–Trinajstić information content (AvgIpc) is 2.54. The van der Waals surface area contributed by atoms with Crippen LogP contribution in [0.15, 0.2) is 47.6 Å². The Kier molecular flexibility index (Phi) is 5.91. The van der Waals surface area contributed by atoms with Crippen LogP contribution in [-0.2, 0) is 10.2 Å². The summed E-state index contributed by atoms with van der Waals surface area (Å²) in [6.45, 7) is 8.27. The largest absolute Gasteiger partial charge is 0.483 e. The molecule has 0 atom stereocenters. The van der Waals surface area contributed by atoms with Gasteiger partial charge in [0.2, 0.25) is 0 Å². The highest BCUT2D eigenvalue weighted by Crippen LogP contribution is 2.27. The van der Waals surface area contributed by atoms with E-state index in [1.54, 1.807) is 12.1 Å². The van der Waals surface area contributed by atoms with Gasteiger partial charge in [0.15, 0.2) is 6.61 Å². The molecule has 0 aliphatic carbocycles. The van der Waals surface area contributed by atoms with Gasteiger partial charge in [0.05, 0.1) is 6.21 Å². The number of carbonyl (C=O) groups is 1. The van der Waals surface area contributed by atoms with E-state index in [1.807, 2.05) is 19.1 Å². The number of amides is 1. The van der Waals surface area contributed by atoms with Gasteiger partial charge < -0.3 is 4.74 Å². The van der Waals surface area contributed by atoms with Crippen LogP contribution in [0.5, 0.6) is 5.75 Å². The predicted octanol–water partition coefficient (Wildman–Crippen LogP) is 3.96. The highest BCUT2D eigenvalue weighted by atomic mass is 19.1. The van der Waals surface area contributed by atoms with Crippen molar-refractivity contribution >= 4 is 12.1 Å². The number of rotatable bonds is 5. The molecule has 0 fully saturated rings. The molecule has 1 amide bonds. The second kappa shape index (κ2) is 7.92. The van der Waals surface area contributed by atoms with E-state index in [0.29, 0.717) is 11.3 Å². The first-order valence-electron chi connectivity index (χ1n) is 8.07. The fraction of sp³-hybridized carbons (Fsp3) is 0.300. The quantitative estimate of drug-likeness (QED) is 0.660. The van der Waals surface area contributed by atoms with E-state index in [9.17, 15) is 9.18 Å². The number of halogens is 1. The topological polar surface area (TPSA) is 50.7 Å². The number of hydrazone groups is 1. The van der Waals surface area contributed by atoms with Crippen LogP contribution in [0, 0.1) is 12.7 Å². The Morgan fingerprint density at radius 3 is 2.48 bits per heavy atom. The van der Waals surface area contributed by atoms with Crippen molar-refractivity contribution in [3.63, 3.8) is 0 Å². The van der Waals surface area contributed by atoms with Crippen molar-refractivity contribution in [3.05, 3.63) is 65.0 Å². The summed E-state index contributed by atoms with van der Waals surface area (Å²) in [6, 6.07) is 11.8. The second-order valence-electron chi connectivity index (χ2n) is 6.86. The Bertz CT molecular complexity index is 762. The van der Waals surface area contributed by atoms with Gasteiger partial charge in [-0.3, -0.25) is 4.79 Å². The van der Waals surface area contributed by atoms with Crippen LogP contribution in [0.3, 0.4) is 0 Å². The van der Waals surface area contributed by atoms with Gasteiger partial charge in [-0.15, -0.1) is 0 Å². The van der Waals surface area contributed by atoms with Crippen molar-refractivity contribution in [3.8, 4) is 5.75 Å². The molecule has 2 aromatic carbocycles. The van der Waals surface area contributed by atoms with Crippen LogP contribution in [0.1, 0.15) is 37.5 Å². The van der Waals surface area contributed by atoms with Crippen molar-refractivity contribution in [1.29, 1.82) is 0 Å². The van der Waals surface area contributed by atoms with Gasteiger partial charge in [-0.05, 0) is 47.2 Å². The molecule has 0 radical (unpaired) electrons. The summed E-state index contributed by atoms with van der Waals surface area (Å²) in [6.07, 6.45) is 1.45. The maximum absolute atomic E-state index is 12.8. The van der Waals surface area contributed by atoms with Crippen LogP contribution >= 0.6 is 0 Å². The first kappa shape index (κ1) is 18.6. The van der Waals surface area contributed by atoms with Gasteiger partial charge in [-0.25, -0.2) is 9.82 Å². The van der Waals surface area contributed by atoms with Gasteiger partial charge in [-0.1, -0.05) is 45.0 Å². The third-order valence-corrected chi connectivity index (χ3v) is 3.67. The Balaban J connectivity index is 1.86. The molecule has 2 rings (SSSR count). The molecule has 0 aliphatic rings. The molecule has 1 N–H and O–H groups in total. The first-order chi connectivity index (χ1) is 11.8. The van der Waals surface area contributed by atoms with Crippen LogP contribution in [0.4, 0.5) is 4.39 Å². The number of ether oxygens (including phenoxy) is 1. The van der Waals surface area contributed by atoms with E-state index >= 15 is 0 Å². The highest BCUT2D eigenvalue weighted by Gasteiger charge is 2.15. The second-order valence-corrected chi connectivity index (χ2v) is 6.86. The van der Waals surface area contributed by atoms with Crippen LogP contribution < -0.4 is 10.2 Å². The molecule has 0 bridgehead atoms. The summed E-state index contributed by atoms with van der Waals surface area (Å²) < 4.78 is 18.3. The molecular weight excluding hydrogens is 319 g/mol. The van der Waals surface area contributed by atoms with Gasteiger partial charge >= 0.3 is 0 Å². The summed E-state index contributed by atoms with van der Waals surface area (Å²) in [7, 11) is 0. The predicted molar refractivity (Wildman–Crippen MR) is 97.5 cm³/mol. The Hall–Kier alpha value is -2.69. The zero-order valence-electron chi connectivity index (χ0n) is 15.0. The Labute approximate surface area is 147 Å². The maximum Gasteiger partial charge on any atom is 0.277 e. The molecule has 0 spiro atoms. The van der Waals surface area contributed by atoms with E-state index in [0.717, 1.165) is 5.56 Å². The molecule has 0 saturated heterocycles. The molecule has 2 aromatic rings. The van der Waals surface area contributed by atoms with E-state index in [2.05, 4.69) is 37.4 Å². The SMILES string of the molecule is Cc1cc(C(C)(C)C)ccc1OCC(=O)N/N=C\c1ccc(F)cc1. The van der Waals surface area contributed by atoms with Crippen molar-refractivity contribution < 1.29 is 13.9 Å². The number of nitrogens with zero attached hydrogens (tertiary/aromatic N) is 1. The molecule has 25 heavy (non-hydrogen) atoms. The molecule has 0 aliphatic heterocycles. The first-order valence-corrected chi connectivity index (χ1v) is 8.07. The monoisotopic (exact) mass is 342 g/mol. The fourth-order valence-electron chi connectivity index (χ4n) is 2.18. The molecule has 0 heterocycles. The Morgan fingerprint density at radius 1 is 1.20 bits per heavy atom. The molecule has 0 aromatic heterocycles. The minimum absolute atomic E-state index is 0.0652. The minimum atomic E-state index is -0.363. The molecule has 5 heteroatoms. The number of hydrogen-bond donors (Lipinski definition) is 1. The molecule has 0 unspecified atom stereocenters. The van der Waals surface area contributed by atoms with Gasteiger partial charge in [0.25, 0.3) is 5.91 Å². The smallest absolute Gasteiger partial charge is 0.277 e. The lowest BCUT2D eigenvalue weighted by molar-refractivity contribution is -0.123. The molecule has 132 valence electrons.